The van der Waals surface area contributed by atoms with Crippen molar-refractivity contribution in [2.45, 2.75) is 44.6 Å². The summed E-state index contributed by atoms with van der Waals surface area (Å²) in [5, 5.41) is 11.3. The number of imidazole rings is 1. The highest BCUT2D eigenvalue weighted by Gasteiger charge is 2.26. The molecule has 4 rings (SSSR count). The zero-order valence-electron chi connectivity index (χ0n) is 15.1. The minimum atomic E-state index is 0.284. The largest absolute Gasteiger partial charge is 0.479 e. The van der Waals surface area contributed by atoms with E-state index in [9.17, 15) is 0 Å². The molecule has 3 aromatic heterocycles. The highest BCUT2D eigenvalue weighted by atomic mass is 16.5. The number of fused-ring (bicyclic) bond motifs is 1. The second kappa shape index (κ2) is 6.91. The van der Waals surface area contributed by atoms with Gasteiger partial charge in [-0.25, -0.2) is 9.97 Å². The number of aromatic nitrogens is 5. The summed E-state index contributed by atoms with van der Waals surface area (Å²) in [5.74, 6) is 1.93. The summed E-state index contributed by atoms with van der Waals surface area (Å²) in [6.07, 6.45) is 4.36. The van der Waals surface area contributed by atoms with Gasteiger partial charge < -0.3 is 18.9 Å². The van der Waals surface area contributed by atoms with Crippen LogP contribution in [0.4, 0.5) is 12.0 Å². The summed E-state index contributed by atoms with van der Waals surface area (Å²) in [7, 11) is 3.34. The second-order valence-electron chi connectivity index (χ2n) is 6.53. The van der Waals surface area contributed by atoms with Gasteiger partial charge >= 0.3 is 6.01 Å². The zero-order valence-corrected chi connectivity index (χ0v) is 15.1. The topological polar surface area (TPSA) is 111 Å². The predicted molar refractivity (Wildman–Crippen MR) is 94.8 cm³/mol. The summed E-state index contributed by atoms with van der Waals surface area (Å²) < 4.78 is 16.5. The number of anilines is 2. The van der Waals surface area contributed by atoms with Crippen LogP contribution in [0.1, 0.15) is 43.2 Å². The Morgan fingerprint density at radius 2 is 1.96 bits per heavy atom. The van der Waals surface area contributed by atoms with E-state index in [1.54, 1.807) is 14.2 Å². The summed E-state index contributed by atoms with van der Waals surface area (Å²) >= 11 is 0. The van der Waals surface area contributed by atoms with E-state index in [1.807, 2.05) is 13.0 Å². The first-order chi connectivity index (χ1) is 12.7. The summed E-state index contributed by atoms with van der Waals surface area (Å²) in [6, 6.07) is 2.22. The van der Waals surface area contributed by atoms with Crippen LogP contribution in [0.2, 0.25) is 0 Å². The van der Waals surface area contributed by atoms with Gasteiger partial charge in [0.25, 0.3) is 0 Å². The number of ether oxygens (including phenoxy) is 2. The summed E-state index contributed by atoms with van der Waals surface area (Å²) in [5.41, 5.74) is 2.32. The smallest absolute Gasteiger partial charge is 0.322 e. The average molecular weight is 358 g/mol. The summed E-state index contributed by atoms with van der Waals surface area (Å²) in [6.45, 7) is 1.90. The van der Waals surface area contributed by atoms with Crippen LogP contribution in [0.5, 0.6) is 5.88 Å². The molecule has 1 saturated carbocycles. The molecule has 1 fully saturated rings. The quantitative estimate of drug-likeness (QED) is 0.716. The molecule has 0 amide bonds. The molecule has 9 nitrogen and oxygen atoms in total. The minimum Gasteiger partial charge on any atom is -0.479 e. The molecule has 0 aromatic carbocycles. The molecular formula is C17H22N6O3. The molecule has 3 aromatic rings. The van der Waals surface area contributed by atoms with Crippen LogP contribution in [0, 0.1) is 6.92 Å². The van der Waals surface area contributed by atoms with Gasteiger partial charge in [-0.15, -0.1) is 5.10 Å². The van der Waals surface area contributed by atoms with Crippen molar-refractivity contribution in [1.29, 1.82) is 0 Å². The van der Waals surface area contributed by atoms with Crippen molar-refractivity contribution in [3.05, 3.63) is 17.7 Å². The first-order valence-corrected chi connectivity index (χ1v) is 8.71. The molecular weight excluding hydrogens is 336 g/mol. The van der Waals surface area contributed by atoms with Crippen molar-refractivity contribution in [3.8, 4) is 5.88 Å². The first kappa shape index (κ1) is 16.8. The van der Waals surface area contributed by atoms with Gasteiger partial charge in [-0.3, -0.25) is 5.32 Å². The molecule has 0 saturated heterocycles. The third-order valence-electron chi connectivity index (χ3n) is 4.78. The number of aromatic amines is 1. The van der Waals surface area contributed by atoms with Crippen LogP contribution in [0.25, 0.3) is 11.0 Å². The van der Waals surface area contributed by atoms with Gasteiger partial charge in [0.2, 0.25) is 17.7 Å². The van der Waals surface area contributed by atoms with E-state index in [-0.39, 0.29) is 5.92 Å². The van der Waals surface area contributed by atoms with E-state index in [0.29, 0.717) is 35.4 Å². The number of methoxy groups -OCH3 is 2. The molecule has 2 N–H and O–H groups in total. The molecule has 0 spiro atoms. The number of H-pyrrole nitrogens is 1. The standard InChI is InChI=1S/C17H22N6O3/c1-9-8-12-13(15(18-9)25-3)20-16(19-12)21-17-23-22-14(26-17)10-4-6-11(24-2)7-5-10/h8,10-11H,4-7H2,1-3H3,(H2,19,20,21,23). The molecule has 26 heavy (non-hydrogen) atoms. The van der Waals surface area contributed by atoms with Gasteiger partial charge in [-0.1, -0.05) is 5.10 Å². The lowest BCUT2D eigenvalue weighted by molar-refractivity contribution is 0.0634. The van der Waals surface area contributed by atoms with E-state index >= 15 is 0 Å². The van der Waals surface area contributed by atoms with Crippen molar-refractivity contribution in [2.75, 3.05) is 19.5 Å². The fraction of sp³-hybridized carbons (Fsp3) is 0.529. The maximum Gasteiger partial charge on any atom is 0.322 e. The van der Waals surface area contributed by atoms with E-state index < -0.39 is 0 Å². The Bertz CT molecular complexity index is 897. The first-order valence-electron chi connectivity index (χ1n) is 8.71. The molecule has 0 unspecified atom stereocenters. The van der Waals surface area contributed by atoms with Crippen LogP contribution in [0.3, 0.4) is 0 Å². The molecule has 1 aliphatic carbocycles. The number of pyridine rings is 1. The van der Waals surface area contributed by atoms with Crippen molar-refractivity contribution in [2.24, 2.45) is 0 Å². The van der Waals surface area contributed by atoms with Gasteiger partial charge in [-0.05, 0) is 38.7 Å². The van der Waals surface area contributed by atoms with Gasteiger partial charge in [0.15, 0.2) is 5.52 Å². The Labute approximate surface area is 150 Å². The van der Waals surface area contributed by atoms with Crippen LogP contribution in [-0.4, -0.2) is 45.5 Å². The number of nitrogens with one attached hydrogen (secondary N) is 2. The molecule has 1 aliphatic rings. The number of rotatable bonds is 5. The predicted octanol–water partition coefficient (Wildman–Crippen LogP) is 3.07. The molecule has 3 heterocycles. The fourth-order valence-corrected chi connectivity index (χ4v) is 3.41. The lowest BCUT2D eigenvalue weighted by Gasteiger charge is -2.25. The van der Waals surface area contributed by atoms with Gasteiger partial charge in [0.1, 0.15) is 0 Å². The second-order valence-corrected chi connectivity index (χ2v) is 6.53. The molecule has 0 aliphatic heterocycles. The van der Waals surface area contributed by atoms with Crippen molar-refractivity contribution >= 4 is 23.0 Å². The lowest BCUT2D eigenvalue weighted by atomic mass is 9.87. The number of aryl methyl sites for hydroxylation is 1. The molecule has 138 valence electrons. The number of nitrogens with zero attached hydrogens (tertiary/aromatic N) is 4. The van der Waals surface area contributed by atoms with E-state index in [2.05, 4.69) is 30.5 Å². The van der Waals surface area contributed by atoms with Gasteiger partial charge in [0.05, 0.1) is 18.7 Å². The van der Waals surface area contributed by atoms with Crippen LogP contribution < -0.4 is 10.1 Å². The Morgan fingerprint density at radius 3 is 2.69 bits per heavy atom. The van der Waals surface area contributed by atoms with Crippen molar-refractivity contribution in [3.63, 3.8) is 0 Å². The normalized spacial score (nSPS) is 20.4. The van der Waals surface area contributed by atoms with E-state index in [4.69, 9.17) is 13.9 Å². The van der Waals surface area contributed by atoms with Crippen LogP contribution in [0.15, 0.2) is 10.5 Å². The molecule has 9 heteroatoms. The molecule has 0 bridgehead atoms. The van der Waals surface area contributed by atoms with Gasteiger partial charge in [0, 0.05) is 18.7 Å². The highest BCUT2D eigenvalue weighted by Crippen LogP contribution is 2.34. The third kappa shape index (κ3) is 3.22. The molecule has 0 atom stereocenters. The van der Waals surface area contributed by atoms with Crippen molar-refractivity contribution < 1.29 is 13.9 Å². The third-order valence-corrected chi connectivity index (χ3v) is 4.78. The lowest BCUT2D eigenvalue weighted by Crippen LogP contribution is -2.19. The molecule has 0 radical (unpaired) electrons. The zero-order chi connectivity index (χ0) is 18.1. The highest BCUT2D eigenvalue weighted by molar-refractivity contribution is 5.82. The fourth-order valence-electron chi connectivity index (χ4n) is 3.41. The van der Waals surface area contributed by atoms with Gasteiger partial charge in [-0.2, -0.15) is 0 Å². The summed E-state index contributed by atoms with van der Waals surface area (Å²) in [4.78, 5) is 12.0. The van der Waals surface area contributed by atoms with E-state index in [1.165, 1.54) is 0 Å². The number of hydrogen-bond acceptors (Lipinski definition) is 8. The minimum absolute atomic E-state index is 0.284. The maximum atomic E-state index is 5.79. The number of hydrogen-bond donors (Lipinski definition) is 2. The van der Waals surface area contributed by atoms with Crippen LogP contribution in [-0.2, 0) is 4.74 Å². The Balaban J connectivity index is 1.50. The SMILES string of the molecule is COc1nc(C)cc2[nH]c(Nc3nnc(C4CCC(OC)CC4)o3)nc12. The Hall–Kier alpha value is -2.68. The monoisotopic (exact) mass is 358 g/mol. The van der Waals surface area contributed by atoms with Crippen LogP contribution >= 0.6 is 0 Å². The Kier molecular flexibility index (Phi) is 4.46. The average Bonchev–Trinajstić information content (AvgIpc) is 3.28. The van der Waals surface area contributed by atoms with Crippen molar-refractivity contribution in [1.82, 2.24) is 25.1 Å². The van der Waals surface area contributed by atoms with E-state index in [0.717, 1.165) is 36.9 Å². The Morgan fingerprint density at radius 1 is 1.15 bits per heavy atom. The maximum absolute atomic E-state index is 5.79.